The normalized spacial score (nSPS) is 12.2. The third-order valence-electron chi connectivity index (χ3n) is 2.88. The molecule has 0 spiro atoms. The largest absolute Gasteiger partial charge is 0.488 e. The maximum Gasteiger partial charge on any atom is 0.165 e. The molecule has 0 aliphatic carbocycles. The zero-order chi connectivity index (χ0) is 14.7. The number of nitrogens with two attached hydrogens (primary N) is 1. The van der Waals surface area contributed by atoms with E-state index in [-0.39, 0.29) is 18.2 Å². The SMILES string of the molecule is CC(N)c1cc(Cl)ccc1OCc1cccc(F)c1F. The molecule has 0 heterocycles. The van der Waals surface area contributed by atoms with Gasteiger partial charge in [-0.3, -0.25) is 0 Å². The van der Waals surface area contributed by atoms with Gasteiger partial charge in [0.25, 0.3) is 0 Å². The Morgan fingerprint density at radius 2 is 2.00 bits per heavy atom. The van der Waals surface area contributed by atoms with Crippen LogP contribution in [0.5, 0.6) is 5.75 Å². The van der Waals surface area contributed by atoms with E-state index in [1.807, 2.05) is 0 Å². The second-order valence-corrected chi connectivity index (χ2v) is 4.91. The molecule has 0 fully saturated rings. The molecule has 0 radical (unpaired) electrons. The predicted octanol–water partition coefficient (Wildman–Crippen LogP) is 4.22. The average molecular weight is 298 g/mol. The summed E-state index contributed by atoms with van der Waals surface area (Å²) in [7, 11) is 0. The maximum atomic E-state index is 13.5. The molecule has 0 aliphatic heterocycles. The first-order valence-corrected chi connectivity index (χ1v) is 6.47. The highest BCUT2D eigenvalue weighted by Crippen LogP contribution is 2.28. The number of halogens is 3. The van der Waals surface area contributed by atoms with Crippen LogP contribution in [0, 0.1) is 11.6 Å². The van der Waals surface area contributed by atoms with Gasteiger partial charge in [-0.1, -0.05) is 23.7 Å². The Balaban J connectivity index is 2.21. The molecule has 2 aromatic carbocycles. The van der Waals surface area contributed by atoms with E-state index in [0.717, 1.165) is 6.07 Å². The summed E-state index contributed by atoms with van der Waals surface area (Å²) < 4.78 is 32.2. The van der Waals surface area contributed by atoms with Crippen LogP contribution in [0.25, 0.3) is 0 Å². The summed E-state index contributed by atoms with van der Waals surface area (Å²) >= 11 is 5.90. The molecular weight excluding hydrogens is 284 g/mol. The zero-order valence-electron chi connectivity index (χ0n) is 10.9. The Hall–Kier alpha value is -1.65. The van der Waals surface area contributed by atoms with Gasteiger partial charge >= 0.3 is 0 Å². The van der Waals surface area contributed by atoms with Crippen molar-refractivity contribution < 1.29 is 13.5 Å². The molecule has 2 nitrogen and oxygen atoms in total. The van der Waals surface area contributed by atoms with Gasteiger partial charge in [-0.25, -0.2) is 8.78 Å². The van der Waals surface area contributed by atoms with Crippen LogP contribution in [0.2, 0.25) is 5.02 Å². The standard InChI is InChI=1S/C15H14ClF2NO/c1-9(19)12-7-11(16)5-6-14(12)20-8-10-3-2-4-13(17)15(10)18/h2-7,9H,8,19H2,1H3. The van der Waals surface area contributed by atoms with Crippen LogP contribution in [0.15, 0.2) is 36.4 Å². The molecule has 0 aliphatic rings. The second-order valence-electron chi connectivity index (χ2n) is 4.47. The van der Waals surface area contributed by atoms with Crippen LogP contribution in [0.1, 0.15) is 24.1 Å². The molecule has 20 heavy (non-hydrogen) atoms. The number of ether oxygens (including phenoxy) is 1. The van der Waals surface area contributed by atoms with Crippen molar-refractivity contribution in [3.05, 3.63) is 64.2 Å². The average Bonchev–Trinajstić information content (AvgIpc) is 2.41. The number of hydrogen-bond donors (Lipinski definition) is 1. The van der Waals surface area contributed by atoms with Crippen molar-refractivity contribution in [2.24, 2.45) is 5.73 Å². The van der Waals surface area contributed by atoms with E-state index < -0.39 is 11.6 Å². The smallest absolute Gasteiger partial charge is 0.165 e. The summed E-state index contributed by atoms with van der Waals surface area (Å²) in [6.07, 6.45) is 0. The van der Waals surface area contributed by atoms with Gasteiger partial charge in [0.1, 0.15) is 12.4 Å². The van der Waals surface area contributed by atoms with E-state index in [9.17, 15) is 8.78 Å². The molecule has 0 saturated heterocycles. The quantitative estimate of drug-likeness (QED) is 0.917. The Bertz CT molecular complexity index is 617. The lowest BCUT2D eigenvalue weighted by atomic mass is 10.1. The van der Waals surface area contributed by atoms with Crippen molar-refractivity contribution >= 4 is 11.6 Å². The molecule has 0 bridgehead atoms. The second kappa shape index (κ2) is 6.20. The first kappa shape index (κ1) is 14.8. The molecule has 2 N–H and O–H groups in total. The first-order chi connectivity index (χ1) is 9.49. The third kappa shape index (κ3) is 3.26. The lowest BCUT2D eigenvalue weighted by molar-refractivity contribution is 0.293. The maximum absolute atomic E-state index is 13.5. The molecule has 0 aromatic heterocycles. The van der Waals surface area contributed by atoms with Crippen LogP contribution in [0.3, 0.4) is 0 Å². The van der Waals surface area contributed by atoms with Gasteiger partial charge in [-0.05, 0) is 31.2 Å². The summed E-state index contributed by atoms with van der Waals surface area (Å²) in [6, 6.07) is 8.72. The van der Waals surface area contributed by atoms with E-state index in [0.29, 0.717) is 16.3 Å². The summed E-state index contributed by atoms with van der Waals surface area (Å²) in [5.41, 5.74) is 6.70. The minimum absolute atomic E-state index is 0.0784. The van der Waals surface area contributed by atoms with Crippen LogP contribution in [0.4, 0.5) is 8.78 Å². The minimum atomic E-state index is -0.899. The van der Waals surface area contributed by atoms with Crippen LogP contribution < -0.4 is 10.5 Å². The summed E-state index contributed by atoms with van der Waals surface area (Å²) in [5.74, 6) is -1.29. The van der Waals surface area contributed by atoms with Crippen molar-refractivity contribution in [2.75, 3.05) is 0 Å². The van der Waals surface area contributed by atoms with Crippen LogP contribution >= 0.6 is 11.6 Å². The van der Waals surface area contributed by atoms with E-state index in [2.05, 4.69) is 0 Å². The van der Waals surface area contributed by atoms with Crippen molar-refractivity contribution in [3.8, 4) is 5.75 Å². The molecule has 1 unspecified atom stereocenters. The van der Waals surface area contributed by atoms with Gasteiger partial charge < -0.3 is 10.5 Å². The van der Waals surface area contributed by atoms with Crippen molar-refractivity contribution in [3.63, 3.8) is 0 Å². The molecule has 5 heteroatoms. The Morgan fingerprint density at radius 1 is 1.25 bits per heavy atom. The molecule has 2 aromatic rings. The fourth-order valence-electron chi connectivity index (χ4n) is 1.82. The molecule has 0 saturated carbocycles. The summed E-state index contributed by atoms with van der Waals surface area (Å²) in [5, 5.41) is 0.543. The van der Waals surface area contributed by atoms with Crippen molar-refractivity contribution in [1.82, 2.24) is 0 Å². The van der Waals surface area contributed by atoms with Gasteiger partial charge in [-0.2, -0.15) is 0 Å². The van der Waals surface area contributed by atoms with E-state index in [1.165, 1.54) is 12.1 Å². The van der Waals surface area contributed by atoms with E-state index >= 15 is 0 Å². The first-order valence-electron chi connectivity index (χ1n) is 6.09. The van der Waals surface area contributed by atoms with Crippen LogP contribution in [-0.2, 0) is 6.61 Å². The van der Waals surface area contributed by atoms with Gasteiger partial charge in [0, 0.05) is 22.2 Å². The molecule has 106 valence electrons. The predicted molar refractivity (Wildman–Crippen MR) is 74.7 cm³/mol. The lowest BCUT2D eigenvalue weighted by Crippen LogP contribution is -2.08. The highest BCUT2D eigenvalue weighted by atomic mass is 35.5. The van der Waals surface area contributed by atoms with E-state index in [1.54, 1.807) is 25.1 Å². The third-order valence-corrected chi connectivity index (χ3v) is 3.11. The van der Waals surface area contributed by atoms with E-state index in [4.69, 9.17) is 22.1 Å². The molecule has 0 amide bonds. The topological polar surface area (TPSA) is 35.2 Å². The number of hydrogen-bond acceptors (Lipinski definition) is 2. The van der Waals surface area contributed by atoms with Gasteiger partial charge in [-0.15, -0.1) is 0 Å². The highest BCUT2D eigenvalue weighted by molar-refractivity contribution is 6.30. The fourth-order valence-corrected chi connectivity index (χ4v) is 2.00. The van der Waals surface area contributed by atoms with Gasteiger partial charge in [0.05, 0.1) is 0 Å². The van der Waals surface area contributed by atoms with Gasteiger partial charge in [0.2, 0.25) is 0 Å². The molecular formula is C15H14ClF2NO. The van der Waals surface area contributed by atoms with Gasteiger partial charge in [0.15, 0.2) is 11.6 Å². The summed E-state index contributed by atoms with van der Waals surface area (Å²) in [4.78, 5) is 0. The Labute approximate surface area is 121 Å². The Morgan fingerprint density at radius 3 is 2.70 bits per heavy atom. The fraction of sp³-hybridized carbons (Fsp3) is 0.200. The highest BCUT2D eigenvalue weighted by Gasteiger charge is 2.12. The summed E-state index contributed by atoms with van der Waals surface area (Å²) in [6.45, 7) is 1.71. The van der Waals surface area contributed by atoms with Crippen molar-refractivity contribution in [1.29, 1.82) is 0 Å². The monoisotopic (exact) mass is 297 g/mol. The number of benzene rings is 2. The lowest BCUT2D eigenvalue weighted by Gasteiger charge is -2.14. The minimum Gasteiger partial charge on any atom is -0.488 e. The zero-order valence-corrected chi connectivity index (χ0v) is 11.6. The van der Waals surface area contributed by atoms with Crippen LogP contribution in [-0.4, -0.2) is 0 Å². The molecule has 2 rings (SSSR count). The Kier molecular flexibility index (Phi) is 4.57. The number of rotatable bonds is 4. The molecule has 1 atom stereocenters. The van der Waals surface area contributed by atoms with Crippen molar-refractivity contribution in [2.45, 2.75) is 19.6 Å².